The molecule has 0 bridgehead atoms. The lowest BCUT2D eigenvalue weighted by atomic mass is 9.94. The molecule has 0 fully saturated rings. The molecule has 0 saturated heterocycles. The van der Waals surface area contributed by atoms with Crippen LogP contribution in [0.1, 0.15) is 40.9 Å². The van der Waals surface area contributed by atoms with Crippen LogP contribution in [0.25, 0.3) is 0 Å². The predicted molar refractivity (Wildman–Crippen MR) is 87.2 cm³/mol. The van der Waals surface area contributed by atoms with E-state index in [1.165, 1.54) is 5.56 Å². The van der Waals surface area contributed by atoms with Gasteiger partial charge in [0.2, 0.25) is 0 Å². The molecule has 2 N–H and O–H groups in total. The molecule has 0 atom stereocenters. The Bertz CT molecular complexity index is 649. The molecule has 0 unspecified atom stereocenters. The summed E-state index contributed by atoms with van der Waals surface area (Å²) in [5, 5.41) is 0. The zero-order valence-electron chi connectivity index (χ0n) is 11.7. The summed E-state index contributed by atoms with van der Waals surface area (Å²) >= 11 is 3.35. The van der Waals surface area contributed by atoms with E-state index in [1.807, 2.05) is 18.2 Å². The molecule has 2 rings (SSSR count). The Morgan fingerprint density at radius 2 is 1.85 bits per heavy atom. The summed E-state index contributed by atoms with van der Waals surface area (Å²) < 4.78 is 0.812. The van der Waals surface area contributed by atoms with Gasteiger partial charge in [0.05, 0.1) is 0 Å². The van der Waals surface area contributed by atoms with Crippen LogP contribution in [0.3, 0.4) is 0 Å². The summed E-state index contributed by atoms with van der Waals surface area (Å²) in [7, 11) is 0. The summed E-state index contributed by atoms with van der Waals surface area (Å²) in [6.07, 6.45) is 1.77. The minimum atomic E-state index is 0.0383. The molecule has 0 heterocycles. The van der Waals surface area contributed by atoms with E-state index in [1.54, 1.807) is 12.1 Å². The minimum absolute atomic E-state index is 0.0383. The van der Waals surface area contributed by atoms with Crippen LogP contribution in [-0.4, -0.2) is 5.78 Å². The molecule has 2 nitrogen and oxygen atoms in total. The highest BCUT2D eigenvalue weighted by Gasteiger charge is 2.14. The molecule has 0 aliphatic carbocycles. The van der Waals surface area contributed by atoms with Crippen molar-refractivity contribution in [2.75, 3.05) is 5.73 Å². The highest BCUT2D eigenvalue weighted by Crippen LogP contribution is 2.23. The van der Waals surface area contributed by atoms with Crippen molar-refractivity contribution < 1.29 is 4.79 Å². The van der Waals surface area contributed by atoms with Crippen molar-refractivity contribution in [3.8, 4) is 0 Å². The lowest BCUT2D eigenvalue weighted by Crippen LogP contribution is -2.07. The Balaban J connectivity index is 2.48. The Kier molecular flexibility index (Phi) is 4.61. The van der Waals surface area contributed by atoms with E-state index in [0.717, 1.165) is 28.4 Å². The molecular formula is C17H18BrNO. The number of halogens is 1. The number of nitrogens with two attached hydrogens (primary N) is 1. The van der Waals surface area contributed by atoms with Gasteiger partial charge >= 0.3 is 0 Å². The zero-order chi connectivity index (χ0) is 14.7. The molecule has 104 valence electrons. The monoisotopic (exact) mass is 331 g/mol. The highest BCUT2D eigenvalue weighted by atomic mass is 79.9. The van der Waals surface area contributed by atoms with Crippen molar-refractivity contribution in [1.29, 1.82) is 0 Å². The number of hydrogen-bond donors (Lipinski definition) is 1. The van der Waals surface area contributed by atoms with Gasteiger partial charge in [-0.25, -0.2) is 0 Å². The van der Waals surface area contributed by atoms with E-state index in [4.69, 9.17) is 5.73 Å². The first-order chi connectivity index (χ1) is 9.56. The van der Waals surface area contributed by atoms with Crippen molar-refractivity contribution in [2.24, 2.45) is 0 Å². The van der Waals surface area contributed by atoms with Gasteiger partial charge in [-0.2, -0.15) is 0 Å². The van der Waals surface area contributed by atoms with Crippen LogP contribution in [0, 0.1) is 0 Å². The molecular weight excluding hydrogens is 314 g/mol. The molecule has 0 radical (unpaired) electrons. The van der Waals surface area contributed by atoms with E-state index >= 15 is 0 Å². The summed E-state index contributed by atoms with van der Waals surface area (Å²) in [5.41, 5.74) is 10.1. The summed E-state index contributed by atoms with van der Waals surface area (Å²) in [4.78, 5) is 12.7. The number of benzene rings is 2. The number of rotatable bonds is 4. The van der Waals surface area contributed by atoms with Crippen LogP contribution in [0.5, 0.6) is 0 Å². The molecule has 2 aromatic carbocycles. The quantitative estimate of drug-likeness (QED) is 0.667. The molecule has 0 spiro atoms. The molecule has 0 saturated carbocycles. The Hall–Kier alpha value is -1.61. The number of ketones is 1. The lowest BCUT2D eigenvalue weighted by Gasteiger charge is -2.10. The number of anilines is 1. The fraction of sp³-hybridized carbons (Fsp3) is 0.235. The van der Waals surface area contributed by atoms with Gasteiger partial charge in [0, 0.05) is 21.3 Å². The van der Waals surface area contributed by atoms with E-state index in [0.29, 0.717) is 11.3 Å². The van der Waals surface area contributed by atoms with E-state index in [-0.39, 0.29) is 5.78 Å². The van der Waals surface area contributed by atoms with Crippen molar-refractivity contribution >= 4 is 27.4 Å². The van der Waals surface area contributed by atoms with Crippen molar-refractivity contribution in [2.45, 2.75) is 26.7 Å². The van der Waals surface area contributed by atoms with E-state index < -0.39 is 0 Å². The topological polar surface area (TPSA) is 43.1 Å². The molecule has 0 aliphatic rings. The third-order valence-corrected chi connectivity index (χ3v) is 4.19. The van der Waals surface area contributed by atoms with Crippen LogP contribution in [-0.2, 0) is 12.8 Å². The first kappa shape index (κ1) is 14.8. The fourth-order valence-electron chi connectivity index (χ4n) is 2.20. The molecule has 3 heteroatoms. The molecule has 20 heavy (non-hydrogen) atoms. The number of aryl methyl sites for hydroxylation is 2. The Morgan fingerprint density at radius 3 is 2.45 bits per heavy atom. The number of nitrogen functional groups attached to an aromatic ring is 1. The zero-order valence-corrected chi connectivity index (χ0v) is 13.3. The average Bonchev–Trinajstić information content (AvgIpc) is 2.48. The van der Waals surface area contributed by atoms with E-state index in [9.17, 15) is 4.79 Å². The first-order valence-corrected chi connectivity index (χ1v) is 7.57. The van der Waals surface area contributed by atoms with Gasteiger partial charge in [-0.3, -0.25) is 4.79 Å². The van der Waals surface area contributed by atoms with Crippen LogP contribution in [0.4, 0.5) is 5.69 Å². The van der Waals surface area contributed by atoms with Crippen LogP contribution in [0.15, 0.2) is 40.9 Å². The average molecular weight is 332 g/mol. The van der Waals surface area contributed by atoms with Crippen LogP contribution >= 0.6 is 15.9 Å². The van der Waals surface area contributed by atoms with Gasteiger partial charge in [-0.1, -0.05) is 26.0 Å². The van der Waals surface area contributed by atoms with Gasteiger partial charge in [0.1, 0.15) is 0 Å². The van der Waals surface area contributed by atoms with Crippen molar-refractivity contribution in [1.82, 2.24) is 0 Å². The maximum absolute atomic E-state index is 12.7. The number of carbonyl (C=O) groups excluding carboxylic acids is 1. The Morgan fingerprint density at radius 1 is 1.10 bits per heavy atom. The highest BCUT2D eigenvalue weighted by molar-refractivity contribution is 9.10. The van der Waals surface area contributed by atoms with Gasteiger partial charge in [-0.15, -0.1) is 0 Å². The van der Waals surface area contributed by atoms with Crippen LogP contribution in [0.2, 0.25) is 0 Å². The summed E-state index contributed by atoms with van der Waals surface area (Å²) in [5.74, 6) is 0.0383. The van der Waals surface area contributed by atoms with Crippen molar-refractivity contribution in [3.63, 3.8) is 0 Å². The van der Waals surface area contributed by atoms with Gasteiger partial charge in [-0.05, 0) is 64.2 Å². The summed E-state index contributed by atoms with van der Waals surface area (Å²) in [6, 6.07) is 11.5. The maximum Gasteiger partial charge on any atom is 0.193 e. The second kappa shape index (κ2) is 6.23. The Labute approximate surface area is 128 Å². The second-order valence-corrected chi connectivity index (χ2v) is 5.62. The third kappa shape index (κ3) is 2.93. The second-order valence-electron chi connectivity index (χ2n) is 4.76. The molecule has 0 amide bonds. The van der Waals surface area contributed by atoms with Gasteiger partial charge in [0.15, 0.2) is 5.78 Å². The van der Waals surface area contributed by atoms with Crippen LogP contribution < -0.4 is 5.73 Å². The molecule has 0 aromatic heterocycles. The van der Waals surface area contributed by atoms with E-state index in [2.05, 4.69) is 35.8 Å². The first-order valence-electron chi connectivity index (χ1n) is 6.78. The SMILES string of the molecule is CCc1ccc(CC)c(C(=O)c2ccc(Br)c(N)c2)c1. The minimum Gasteiger partial charge on any atom is -0.398 e. The summed E-state index contributed by atoms with van der Waals surface area (Å²) in [6.45, 7) is 4.15. The number of hydrogen-bond acceptors (Lipinski definition) is 2. The normalized spacial score (nSPS) is 10.6. The fourth-order valence-corrected chi connectivity index (χ4v) is 2.45. The third-order valence-electron chi connectivity index (χ3n) is 3.47. The smallest absolute Gasteiger partial charge is 0.193 e. The van der Waals surface area contributed by atoms with Gasteiger partial charge < -0.3 is 5.73 Å². The largest absolute Gasteiger partial charge is 0.398 e. The molecule has 2 aromatic rings. The van der Waals surface area contributed by atoms with Gasteiger partial charge in [0.25, 0.3) is 0 Å². The number of carbonyl (C=O) groups is 1. The standard InChI is InChI=1S/C17H18BrNO/c1-3-11-5-6-12(4-2)14(9-11)17(20)13-7-8-15(18)16(19)10-13/h5-10H,3-4,19H2,1-2H3. The maximum atomic E-state index is 12.7. The molecule has 0 aliphatic heterocycles. The predicted octanol–water partition coefficient (Wildman–Crippen LogP) is 4.39. The van der Waals surface area contributed by atoms with Crippen molar-refractivity contribution in [3.05, 3.63) is 63.1 Å². The lowest BCUT2D eigenvalue weighted by molar-refractivity contribution is 0.103.